The molecule has 0 saturated heterocycles. The number of carbonyl (C=O) groups excluding carboxylic acids is 2. The predicted molar refractivity (Wildman–Crippen MR) is 124 cm³/mol. The molecule has 164 valence electrons. The third kappa shape index (κ3) is 6.83. The van der Waals surface area contributed by atoms with Crippen molar-refractivity contribution in [3.8, 4) is 0 Å². The summed E-state index contributed by atoms with van der Waals surface area (Å²) < 4.78 is 8.44. The maximum Gasteiger partial charge on any atom is 0.258 e. The Kier molecular flexibility index (Phi) is 9.24. The lowest BCUT2D eigenvalue weighted by molar-refractivity contribution is -0.119. The number of amides is 2. The van der Waals surface area contributed by atoms with Gasteiger partial charge in [-0.1, -0.05) is 42.2 Å². The summed E-state index contributed by atoms with van der Waals surface area (Å²) >= 11 is 8.86. The van der Waals surface area contributed by atoms with Crippen LogP contribution in [0.5, 0.6) is 0 Å². The molecule has 30 heavy (non-hydrogen) atoms. The van der Waals surface area contributed by atoms with Crippen LogP contribution in [0.2, 0.25) is 5.02 Å². The van der Waals surface area contributed by atoms with Gasteiger partial charge in [-0.25, -0.2) is 0 Å². The van der Waals surface area contributed by atoms with Crippen molar-refractivity contribution in [3.63, 3.8) is 0 Å². The van der Waals surface area contributed by atoms with E-state index in [0.29, 0.717) is 35.6 Å². The van der Waals surface area contributed by atoms with Crippen molar-refractivity contribution in [2.24, 2.45) is 4.99 Å². The van der Waals surface area contributed by atoms with Crippen molar-refractivity contribution >= 4 is 56.7 Å². The number of nitrogens with one attached hydrogen (secondary N) is 1. The van der Waals surface area contributed by atoms with E-state index in [1.54, 1.807) is 0 Å². The van der Waals surface area contributed by atoms with Crippen LogP contribution in [-0.2, 0) is 20.9 Å². The maximum absolute atomic E-state index is 12.4. The zero-order valence-corrected chi connectivity index (χ0v) is 19.6. The molecule has 2 amide bonds. The Labute approximate surface area is 190 Å². The van der Waals surface area contributed by atoms with Gasteiger partial charge in [0.2, 0.25) is 5.91 Å². The van der Waals surface area contributed by atoms with E-state index in [0.717, 1.165) is 23.1 Å². The normalized spacial score (nSPS) is 15.6. The van der Waals surface area contributed by atoms with Gasteiger partial charge in [0.1, 0.15) is 0 Å². The van der Waals surface area contributed by atoms with E-state index in [-0.39, 0.29) is 23.3 Å². The van der Waals surface area contributed by atoms with Crippen LogP contribution in [0.4, 0.5) is 0 Å². The molecular formula is C21H28ClN3O3S2. The van der Waals surface area contributed by atoms with E-state index in [9.17, 15) is 9.59 Å². The van der Waals surface area contributed by atoms with Gasteiger partial charge < -0.3 is 14.6 Å². The Morgan fingerprint density at radius 1 is 1.30 bits per heavy atom. The molecule has 1 aromatic carbocycles. The first-order valence-corrected chi connectivity index (χ1v) is 12.7. The highest BCUT2D eigenvalue weighted by molar-refractivity contribution is 8.00. The number of aromatic nitrogens is 1. The highest BCUT2D eigenvalue weighted by Crippen LogP contribution is 2.22. The van der Waals surface area contributed by atoms with Crippen LogP contribution in [0.1, 0.15) is 39.0 Å². The minimum atomic E-state index is -0.242. The summed E-state index contributed by atoms with van der Waals surface area (Å²) in [5.41, 5.74) is 0.982. The van der Waals surface area contributed by atoms with E-state index in [2.05, 4.69) is 10.3 Å². The third-order valence-electron chi connectivity index (χ3n) is 4.96. The topological polar surface area (TPSA) is 72.7 Å². The second-order valence-corrected chi connectivity index (χ2v) is 9.68. The summed E-state index contributed by atoms with van der Waals surface area (Å²) in [7, 11) is 0. The molecule has 0 radical (unpaired) electrons. The first-order valence-electron chi connectivity index (χ1n) is 10.4. The summed E-state index contributed by atoms with van der Waals surface area (Å²) in [5, 5.41) is 3.72. The fourth-order valence-corrected chi connectivity index (χ4v) is 5.49. The molecule has 6 nitrogen and oxygen atoms in total. The highest BCUT2D eigenvalue weighted by atomic mass is 35.5. The second kappa shape index (κ2) is 11.9. The first kappa shape index (κ1) is 23.3. The van der Waals surface area contributed by atoms with Crippen molar-refractivity contribution in [1.82, 2.24) is 9.88 Å². The minimum absolute atomic E-state index is 0.00276. The van der Waals surface area contributed by atoms with Gasteiger partial charge in [0.25, 0.3) is 5.91 Å². The minimum Gasteiger partial charge on any atom is -0.380 e. The predicted octanol–water partition coefficient (Wildman–Crippen LogP) is 4.00. The Bertz CT molecular complexity index is 935. The summed E-state index contributed by atoms with van der Waals surface area (Å²) in [6, 6.07) is 5.95. The zero-order valence-electron chi connectivity index (χ0n) is 17.2. The molecular weight excluding hydrogens is 442 g/mol. The van der Waals surface area contributed by atoms with Gasteiger partial charge in [0.05, 0.1) is 28.3 Å². The highest BCUT2D eigenvalue weighted by Gasteiger charge is 2.16. The molecule has 1 N–H and O–H groups in total. The number of ether oxygens (including phenoxy) is 1. The number of thiazole rings is 1. The maximum atomic E-state index is 12.4. The van der Waals surface area contributed by atoms with Gasteiger partial charge in [-0.2, -0.15) is 4.99 Å². The van der Waals surface area contributed by atoms with Gasteiger partial charge in [-0.15, -0.1) is 11.8 Å². The van der Waals surface area contributed by atoms with Crippen molar-refractivity contribution in [3.05, 3.63) is 28.0 Å². The van der Waals surface area contributed by atoms with Crippen LogP contribution in [0.3, 0.4) is 0 Å². The molecule has 0 atom stereocenters. The number of fused-ring (bicyclic) bond motifs is 1. The van der Waals surface area contributed by atoms with Crippen LogP contribution in [-0.4, -0.2) is 47.1 Å². The second-order valence-electron chi connectivity index (χ2n) is 7.25. The van der Waals surface area contributed by atoms with Crippen molar-refractivity contribution < 1.29 is 14.3 Å². The Morgan fingerprint density at radius 2 is 2.10 bits per heavy atom. The standard InChI is InChI=1S/C21H28ClN3O3S2/c1-2-28-11-10-25-17-9-8-15(22)12-18(17)30-21(25)24-20(27)14-29-13-19(26)23-16-6-4-3-5-7-16/h8-9,12,16H,2-7,10-11,13-14H2,1H3,(H,23,26). The average Bonchev–Trinajstić information content (AvgIpc) is 3.05. The fraction of sp³-hybridized carbons (Fsp3) is 0.571. The van der Waals surface area contributed by atoms with Crippen molar-refractivity contribution in [1.29, 1.82) is 0 Å². The van der Waals surface area contributed by atoms with E-state index in [1.807, 2.05) is 29.7 Å². The fourth-order valence-electron chi connectivity index (χ4n) is 3.53. The smallest absolute Gasteiger partial charge is 0.258 e. The number of thioether (sulfide) groups is 1. The number of carbonyl (C=O) groups is 2. The lowest BCUT2D eigenvalue weighted by Crippen LogP contribution is -2.37. The van der Waals surface area contributed by atoms with Gasteiger partial charge in [-0.3, -0.25) is 9.59 Å². The van der Waals surface area contributed by atoms with E-state index in [4.69, 9.17) is 16.3 Å². The number of nitrogens with zero attached hydrogens (tertiary/aromatic N) is 2. The van der Waals surface area contributed by atoms with E-state index < -0.39 is 0 Å². The molecule has 3 rings (SSSR count). The van der Waals surface area contributed by atoms with Crippen molar-refractivity contribution in [2.75, 3.05) is 24.7 Å². The quantitative estimate of drug-likeness (QED) is 0.563. The number of benzene rings is 1. The average molecular weight is 470 g/mol. The zero-order chi connectivity index (χ0) is 21.3. The molecule has 0 spiro atoms. The SMILES string of the molecule is CCOCCn1c(=NC(=O)CSCC(=O)NC2CCCCC2)sc2cc(Cl)ccc21. The monoisotopic (exact) mass is 469 g/mol. The molecule has 1 heterocycles. The Hall–Kier alpha value is -1.35. The number of hydrogen-bond acceptors (Lipinski definition) is 5. The van der Waals surface area contributed by atoms with Crippen LogP contribution in [0.15, 0.2) is 23.2 Å². The molecule has 2 aromatic rings. The molecule has 0 unspecified atom stereocenters. The van der Waals surface area contributed by atoms with Gasteiger partial charge in [0.15, 0.2) is 4.80 Å². The molecule has 9 heteroatoms. The Balaban J connectivity index is 1.60. The summed E-state index contributed by atoms with van der Waals surface area (Å²) in [6.07, 6.45) is 5.73. The molecule has 1 aliphatic rings. The lowest BCUT2D eigenvalue weighted by Gasteiger charge is -2.22. The third-order valence-corrected chi connectivity index (χ3v) is 7.15. The van der Waals surface area contributed by atoms with Gasteiger partial charge in [-0.05, 0) is 38.0 Å². The van der Waals surface area contributed by atoms with Gasteiger partial charge in [0, 0.05) is 24.2 Å². The summed E-state index contributed by atoms with van der Waals surface area (Å²) in [5.74, 6) is 0.221. The Morgan fingerprint density at radius 3 is 2.87 bits per heavy atom. The first-order chi connectivity index (χ1) is 14.6. The molecule has 0 bridgehead atoms. The number of rotatable bonds is 9. The molecule has 1 aromatic heterocycles. The van der Waals surface area contributed by atoms with Crippen LogP contribution < -0.4 is 10.1 Å². The molecule has 0 aliphatic heterocycles. The molecule has 1 saturated carbocycles. The van der Waals surface area contributed by atoms with Crippen molar-refractivity contribution in [2.45, 2.75) is 51.6 Å². The summed E-state index contributed by atoms with van der Waals surface area (Å²) in [4.78, 5) is 29.5. The lowest BCUT2D eigenvalue weighted by atomic mass is 9.95. The molecule has 1 aliphatic carbocycles. The van der Waals surface area contributed by atoms with Crippen LogP contribution >= 0.6 is 34.7 Å². The molecule has 1 fully saturated rings. The number of halogens is 1. The number of hydrogen-bond donors (Lipinski definition) is 1. The van der Waals surface area contributed by atoms with E-state index in [1.165, 1.54) is 42.4 Å². The van der Waals surface area contributed by atoms with Gasteiger partial charge >= 0.3 is 0 Å². The largest absolute Gasteiger partial charge is 0.380 e. The van der Waals surface area contributed by atoms with E-state index >= 15 is 0 Å². The summed E-state index contributed by atoms with van der Waals surface area (Å²) in [6.45, 7) is 3.74. The van der Waals surface area contributed by atoms with Crippen LogP contribution in [0.25, 0.3) is 10.2 Å². The van der Waals surface area contributed by atoms with Crippen LogP contribution in [0, 0.1) is 0 Å².